The molecule has 0 radical (unpaired) electrons. The Balaban J connectivity index is 1.57. The van der Waals surface area contributed by atoms with Crippen molar-refractivity contribution >= 4 is 23.5 Å². The number of fused-ring (bicyclic) bond motifs is 1. The average molecular weight is 385 g/mol. The molecular formula is C21H14ClFO4. The molecule has 0 atom stereocenters. The largest absolute Gasteiger partial charge is 0.489 e. The Morgan fingerprint density at radius 2 is 2.07 bits per heavy atom. The Bertz CT molecular complexity index is 1050. The molecule has 4 rings (SSSR count). The fraction of sp³-hybridized carbons (Fsp3) is 0.0952. The number of carbonyl (C=O) groups is 1. The van der Waals surface area contributed by atoms with Crippen molar-refractivity contribution in [2.45, 2.75) is 13.5 Å². The molecule has 136 valence electrons. The lowest BCUT2D eigenvalue weighted by Gasteiger charge is -2.10. The molecule has 0 fully saturated rings. The number of Topliss-reactive ketones (excluding diaryl/α,β-unsaturated/α-hetero) is 1. The van der Waals surface area contributed by atoms with Gasteiger partial charge >= 0.3 is 0 Å². The molecular weight excluding hydrogens is 371 g/mol. The van der Waals surface area contributed by atoms with Gasteiger partial charge in [-0.05, 0) is 42.8 Å². The van der Waals surface area contributed by atoms with Crippen molar-refractivity contribution in [2.24, 2.45) is 0 Å². The smallest absolute Gasteiger partial charge is 0.232 e. The molecule has 3 aromatic rings. The molecule has 0 bridgehead atoms. The molecule has 2 heterocycles. The third-order valence-electron chi connectivity index (χ3n) is 4.17. The normalized spacial score (nSPS) is 14.3. The first-order valence-electron chi connectivity index (χ1n) is 8.20. The van der Waals surface area contributed by atoms with Crippen LogP contribution in [0.4, 0.5) is 4.39 Å². The summed E-state index contributed by atoms with van der Waals surface area (Å²) in [4.78, 5) is 12.6. The maximum atomic E-state index is 13.1. The molecule has 1 aliphatic heterocycles. The minimum Gasteiger partial charge on any atom is -0.489 e. The van der Waals surface area contributed by atoms with Gasteiger partial charge in [-0.1, -0.05) is 17.7 Å². The Morgan fingerprint density at radius 1 is 1.22 bits per heavy atom. The lowest BCUT2D eigenvalue weighted by Crippen LogP contribution is -2.00. The Labute approximate surface area is 159 Å². The number of ketones is 1. The van der Waals surface area contributed by atoms with Crippen LogP contribution in [0.1, 0.15) is 27.2 Å². The highest BCUT2D eigenvalue weighted by Crippen LogP contribution is 2.37. The molecule has 2 aromatic carbocycles. The zero-order chi connectivity index (χ0) is 19.0. The molecule has 0 amide bonds. The SMILES string of the molecule is Cc1cc(OCc2ccc(F)cc2Cl)cc2c1C(=O)/C(=C/c1ccco1)O2. The van der Waals surface area contributed by atoms with E-state index in [0.717, 1.165) is 5.56 Å². The molecule has 0 N–H and O–H groups in total. The predicted molar refractivity (Wildman–Crippen MR) is 98.6 cm³/mol. The van der Waals surface area contributed by atoms with Gasteiger partial charge in [0.1, 0.15) is 29.7 Å². The quantitative estimate of drug-likeness (QED) is 0.551. The molecule has 1 aliphatic rings. The highest BCUT2D eigenvalue weighted by molar-refractivity contribution is 6.31. The summed E-state index contributed by atoms with van der Waals surface area (Å²) >= 11 is 6.02. The molecule has 4 nitrogen and oxygen atoms in total. The van der Waals surface area contributed by atoms with Crippen LogP contribution in [-0.2, 0) is 6.61 Å². The van der Waals surface area contributed by atoms with Crippen LogP contribution in [0.2, 0.25) is 5.02 Å². The summed E-state index contributed by atoms with van der Waals surface area (Å²) in [5.74, 6) is 1.08. The Morgan fingerprint density at radius 3 is 2.81 bits per heavy atom. The molecule has 0 unspecified atom stereocenters. The van der Waals surface area contributed by atoms with Crippen molar-refractivity contribution in [3.05, 3.63) is 87.8 Å². The second-order valence-corrected chi connectivity index (χ2v) is 6.50. The summed E-state index contributed by atoms with van der Waals surface area (Å²) in [6.07, 6.45) is 3.08. The van der Waals surface area contributed by atoms with Gasteiger partial charge in [0.05, 0.1) is 16.8 Å². The zero-order valence-corrected chi connectivity index (χ0v) is 15.0. The summed E-state index contributed by atoms with van der Waals surface area (Å²) in [6.45, 7) is 1.98. The van der Waals surface area contributed by atoms with E-state index >= 15 is 0 Å². The molecule has 0 aliphatic carbocycles. The first-order valence-corrected chi connectivity index (χ1v) is 8.58. The maximum Gasteiger partial charge on any atom is 0.232 e. The Kier molecular flexibility index (Phi) is 4.46. The van der Waals surface area contributed by atoms with Gasteiger partial charge in [-0.15, -0.1) is 0 Å². The van der Waals surface area contributed by atoms with Crippen molar-refractivity contribution in [1.29, 1.82) is 0 Å². The third-order valence-corrected chi connectivity index (χ3v) is 4.52. The van der Waals surface area contributed by atoms with E-state index in [0.29, 0.717) is 33.4 Å². The lowest BCUT2D eigenvalue weighted by atomic mass is 10.0. The van der Waals surface area contributed by atoms with E-state index in [4.69, 9.17) is 25.5 Å². The predicted octanol–water partition coefficient (Wildman–Crippen LogP) is 5.58. The standard InChI is InChI=1S/C21H14ClFO4/c1-12-7-16(26-11-13-4-5-14(23)8-17(13)22)10-18-20(12)21(24)19(27-18)9-15-3-2-6-25-15/h2-10H,11H2,1H3/b19-9-. The van der Waals surface area contributed by atoms with Crippen molar-refractivity contribution in [2.75, 3.05) is 0 Å². The molecule has 0 saturated carbocycles. The number of hydrogen-bond acceptors (Lipinski definition) is 4. The van der Waals surface area contributed by atoms with Gasteiger partial charge in [-0.3, -0.25) is 4.79 Å². The van der Waals surface area contributed by atoms with Gasteiger partial charge in [0.2, 0.25) is 5.78 Å². The van der Waals surface area contributed by atoms with Crippen LogP contribution in [-0.4, -0.2) is 5.78 Å². The summed E-state index contributed by atoms with van der Waals surface area (Å²) < 4.78 is 29.8. The number of aryl methyl sites for hydroxylation is 1. The molecule has 6 heteroatoms. The van der Waals surface area contributed by atoms with Crippen molar-refractivity contribution in [3.63, 3.8) is 0 Å². The van der Waals surface area contributed by atoms with Crippen molar-refractivity contribution in [1.82, 2.24) is 0 Å². The summed E-state index contributed by atoms with van der Waals surface area (Å²) in [5, 5.41) is 0.294. The van der Waals surface area contributed by atoms with E-state index in [1.807, 2.05) is 6.92 Å². The van der Waals surface area contributed by atoms with Gasteiger partial charge < -0.3 is 13.9 Å². The fourth-order valence-electron chi connectivity index (χ4n) is 2.86. The number of halogens is 2. The monoisotopic (exact) mass is 384 g/mol. The van der Waals surface area contributed by atoms with Crippen molar-refractivity contribution < 1.29 is 23.1 Å². The van der Waals surface area contributed by atoms with Crippen LogP contribution in [0, 0.1) is 12.7 Å². The molecule has 27 heavy (non-hydrogen) atoms. The summed E-state index contributed by atoms with van der Waals surface area (Å²) in [7, 11) is 0. The van der Waals surface area contributed by atoms with E-state index in [2.05, 4.69) is 0 Å². The topological polar surface area (TPSA) is 48.7 Å². The van der Waals surface area contributed by atoms with Crippen LogP contribution in [0.15, 0.2) is 58.9 Å². The number of furan rings is 1. The lowest BCUT2D eigenvalue weighted by molar-refractivity contribution is 0.101. The van der Waals surface area contributed by atoms with E-state index in [9.17, 15) is 9.18 Å². The van der Waals surface area contributed by atoms with Gasteiger partial charge in [0, 0.05) is 17.7 Å². The van der Waals surface area contributed by atoms with Crippen molar-refractivity contribution in [3.8, 4) is 11.5 Å². The maximum absolute atomic E-state index is 13.1. The number of hydrogen-bond donors (Lipinski definition) is 0. The van der Waals surface area contributed by atoms with Gasteiger partial charge in [-0.2, -0.15) is 0 Å². The molecule has 1 aromatic heterocycles. The van der Waals surface area contributed by atoms with Crippen LogP contribution in [0.3, 0.4) is 0 Å². The fourth-order valence-corrected chi connectivity index (χ4v) is 3.08. The summed E-state index contributed by atoms with van der Waals surface area (Å²) in [5.41, 5.74) is 1.90. The third kappa shape index (κ3) is 3.46. The van der Waals surface area contributed by atoms with E-state index in [-0.39, 0.29) is 18.1 Å². The summed E-state index contributed by atoms with van der Waals surface area (Å²) in [6, 6.07) is 11.0. The number of carbonyl (C=O) groups excluding carboxylic acids is 1. The average Bonchev–Trinajstić information content (AvgIpc) is 3.23. The minimum absolute atomic E-state index is 0.167. The highest BCUT2D eigenvalue weighted by Gasteiger charge is 2.30. The van der Waals surface area contributed by atoms with Crippen LogP contribution < -0.4 is 9.47 Å². The second kappa shape index (κ2) is 6.93. The molecule has 0 saturated heterocycles. The zero-order valence-electron chi connectivity index (χ0n) is 14.3. The van der Waals surface area contributed by atoms with E-state index in [1.54, 1.807) is 36.4 Å². The first kappa shape index (κ1) is 17.4. The second-order valence-electron chi connectivity index (χ2n) is 6.09. The minimum atomic E-state index is -0.403. The number of allylic oxidation sites excluding steroid dienone is 1. The number of benzene rings is 2. The first-order chi connectivity index (χ1) is 13.0. The van der Waals surface area contributed by atoms with E-state index < -0.39 is 5.82 Å². The van der Waals surface area contributed by atoms with Gasteiger partial charge in [0.15, 0.2) is 5.76 Å². The van der Waals surface area contributed by atoms with E-state index in [1.165, 1.54) is 18.4 Å². The van der Waals surface area contributed by atoms with Crippen LogP contribution in [0.5, 0.6) is 11.5 Å². The number of ether oxygens (including phenoxy) is 2. The highest BCUT2D eigenvalue weighted by atomic mass is 35.5. The van der Waals surface area contributed by atoms with Crippen LogP contribution >= 0.6 is 11.6 Å². The van der Waals surface area contributed by atoms with Gasteiger partial charge in [0.25, 0.3) is 0 Å². The molecule has 0 spiro atoms. The number of rotatable bonds is 4. The van der Waals surface area contributed by atoms with Gasteiger partial charge in [-0.25, -0.2) is 4.39 Å². The Hall–Kier alpha value is -3.05. The van der Waals surface area contributed by atoms with Crippen LogP contribution in [0.25, 0.3) is 6.08 Å².